The molecule has 1 aliphatic heterocycles. The standard InChI is InChI=1S/C24H25NO3/c1-3-16-8-4-5-11-20(16)25-21-12-7-13-22(26)24(21)19(15-23(25)27)17-9-6-10-18(14-17)28-2/h4-6,8-11,14,19H,3,7,12-13,15H2,1-2H3. The fourth-order valence-corrected chi connectivity index (χ4v) is 4.44. The Hall–Kier alpha value is -2.88. The fraction of sp³-hybridized carbons (Fsp3) is 0.333. The van der Waals surface area contributed by atoms with Crippen molar-refractivity contribution in [1.82, 2.24) is 0 Å². The molecule has 144 valence electrons. The number of ketones is 1. The minimum absolute atomic E-state index is 0.0576. The van der Waals surface area contributed by atoms with E-state index < -0.39 is 0 Å². The van der Waals surface area contributed by atoms with Crippen LogP contribution in [0.15, 0.2) is 59.8 Å². The van der Waals surface area contributed by atoms with E-state index in [1.54, 1.807) is 7.11 Å². The zero-order valence-corrected chi connectivity index (χ0v) is 16.4. The molecule has 4 rings (SSSR count). The number of para-hydroxylation sites is 1. The molecule has 28 heavy (non-hydrogen) atoms. The molecule has 1 amide bonds. The van der Waals surface area contributed by atoms with Gasteiger partial charge in [0.25, 0.3) is 0 Å². The predicted molar refractivity (Wildman–Crippen MR) is 110 cm³/mol. The monoisotopic (exact) mass is 375 g/mol. The van der Waals surface area contributed by atoms with Crippen molar-refractivity contribution in [2.45, 2.75) is 44.9 Å². The van der Waals surface area contributed by atoms with Crippen molar-refractivity contribution < 1.29 is 14.3 Å². The van der Waals surface area contributed by atoms with Crippen LogP contribution in [0.3, 0.4) is 0 Å². The average molecular weight is 375 g/mol. The summed E-state index contributed by atoms with van der Waals surface area (Å²) in [6.07, 6.45) is 3.24. The quantitative estimate of drug-likeness (QED) is 0.772. The van der Waals surface area contributed by atoms with Crippen LogP contribution in [-0.4, -0.2) is 18.8 Å². The van der Waals surface area contributed by atoms with Gasteiger partial charge in [0.15, 0.2) is 5.78 Å². The lowest BCUT2D eigenvalue weighted by atomic mass is 9.77. The SMILES string of the molecule is CCc1ccccc1N1C(=O)CC(c2cccc(OC)c2)C2=C1CCCC2=O. The number of hydrogen-bond donors (Lipinski definition) is 0. The molecule has 1 aliphatic carbocycles. The van der Waals surface area contributed by atoms with E-state index in [1.807, 2.05) is 47.4 Å². The molecule has 0 bridgehead atoms. The predicted octanol–water partition coefficient (Wildman–Crippen LogP) is 4.79. The Balaban J connectivity index is 1.87. The first kappa shape index (κ1) is 18.5. The van der Waals surface area contributed by atoms with Gasteiger partial charge in [0, 0.05) is 30.0 Å². The number of Topliss-reactive ketones (excluding diaryl/α,β-unsaturated/α-hetero) is 1. The molecule has 0 aromatic heterocycles. The Labute approximate surface area is 165 Å². The van der Waals surface area contributed by atoms with Gasteiger partial charge in [0.2, 0.25) is 5.91 Å². The number of carbonyl (C=O) groups excluding carboxylic acids is 2. The summed E-state index contributed by atoms with van der Waals surface area (Å²) >= 11 is 0. The second kappa shape index (κ2) is 7.63. The van der Waals surface area contributed by atoms with Crippen LogP contribution >= 0.6 is 0 Å². The highest BCUT2D eigenvalue weighted by molar-refractivity contribution is 6.07. The van der Waals surface area contributed by atoms with Gasteiger partial charge >= 0.3 is 0 Å². The first-order valence-corrected chi connectivity index (χ1v) is 9.95. The molecule has 0 N–H and O–H groups in total. The van der Waals surface area contributed by atoms with Crippen molar-refractivity contribution in [2.24, 2.45) is 0 Å². The Kier molecular flexibility index (Phi) is 5.03. The highest BCUT2D eigenvalue weighted by Crippen LogP contribution is 2.44. The highest BCUT2D eigenvalue weighted by atomic mass is 16.5. The average Bonchev–Trinajstić information content (AvgIpc) is 2.73. The van der Waals surface area contributed by atoms with Crippen LogP contribution in [0.1, 0.15) is 49.7 Å². The lowest BCUT2D eigenvalue weighted by molar-refractivity contribution is -0.119. The molecule has 1 heterocycles. The maximum atomic E-state index is 13.3. The summed E-state index contributed by atoms with van der Waals surface area (Å²) < 4.78 is 5.36. The number of hydrogen-bond acceptors (Lipinski definition) is 3. The fourth-order valence-electron chi connectivity index (χ4n) is 4.44. The second-order valence-electron chi connectivity index (χ2n) is 7.38. The van der Waals surface area contributed by atoms with Gasteiger partial charge in [-0.25, -0.2) is 0 Å². The van der Waals surface area contributed by atoms with Crippen molar-refractivity contribution in [1.29, 1.82) is 0 Å². The summed E-state index contributed by atoms with van der Waals surface area (Å²) in [5, 5.41) is 0. The van der Waals surface area contributed by atoms with Gasteiger partial charge in [0.05, 0.1) is 12.8 Å². The third-order valence-corrected chi connectivity index (χ3v) is 5.78. The molecular formula is C24H25NO3. The van der Waals surface area contributed by atoms with Crippen molar-refractivity contribution in [2.75, 3.05) is 12.0 Å². The lowest BCUT2D eigenvalue weighted by Gasteiger charge is -2.39. The molecule has 4 heteroatoms. The van der Waals surface area contributed by atoms with Crippen LogP contribution in [0.2, 0.25) is 0 Å². The molecule has 0 spiro atoms. The summed E-state index contributed by atoms with van der Waals surface area (Å²) in [6, 6.07) is 15.7. The van der Waals surface area contributed by atoms with Crippen molar-refractivity contribution in [3.05, 3.63) is 70.9 Å². The summed E-state index contributed by atoms with van der Waals surface area (Å²) in [5.41, 5.74) is 4.71. The molecule has 0 radical (unpaired) electrons. The molecule has 2 aromatic carbocycles. The third-order valence-electron chi connectivity index (χ3n) is 5.78. The normalized spacial score (nSPS) is 19.6. The minimum Gasteiger partial charge on any atom is -0.497 e. The zero-order chi connectivity index (χ0) is 19.7. The van der Waals surface area contributed by atoms with Gasteiger partial charge in [-0.15, -0.1) is 0 Å². The summed E-state index contributed by atoms with van der Waals surface area (Å²) in [6.45, 7) is 2.09. The summed E-state index contributed by atoms with van der Waals surface area (Å²) in [7, 11) is 1.63. The van der Waals surface area contributed by atoms with Crippen LogP contribution in [-0.2, 0) is 16.0 Å². The molecule has 2 aliphatic rings. The molecule has 1 unspecified atom stereocenters. The number of aryl methyl sites for hydroxylation is 1. The summed E-state index contributed by atoms with van der Waals surface area (Å²) in [4.78, 5) is 28.1. The van der Waals surface area contributed by atoms with E-state index in [1.165, 1.54) is 0 Å². The van der Waals surface area contributed by atoms with Gasteiger partial charge in [-0.3, -0.25) is 14.5 Å². The molecule has 2 aromatic rings. The minimum atomic E-state index is -0.199. The Morgan fingerprint density at radius 2 is 1.89 bits per heavy atom. The Morgan fingerprint density at radius 3 is 2.68 bits per heavy atom. The zero-order valence-electron chi connectivity index (χ0n) is 16.4. The molecular weight excluding hydrogens is 350 g/mol. The van der Waals surface area contributed by atoms with Crippen LogP contribution in [0, 0.1) is 0 Å². The number of nitrogens with zero attached hydrogens (tertiary/aromatic N) is 1. The molecule has 0 saturated carbocycles. The van der Waals surface area contributed by atoms with E-state index in [-0.39, 0.29) is 17.6 Å². The largest absolute Gasteiger partial charge is 0.497 e. The van der Waals surface area contributed by atoms with E-state index in [2.05, 4.69) is 13.0 Å². The van der Waals surface area contributed by atoms with Gasteiger partial charge in [0.1, 0.15) is 5.75 Å². The first-order chi connectivity index (χ1) is 13.6. The Morgan fingerprint density at radius 1 is 1.07 bits per heavy atom. The van der Waals surface area contributed by atoms with Gasteiger partial charge in [-0.1, -0.05) is 37.3 Å². The number of anilines is 1. The van der Waals surface area contributed by atoms with Crippen LogP contribution in [0.5, 0.6) is 5.75 Å². The van der Waals surface area contributed by atoms with Crippen molar-refractivity contribution in [3.8, 4) is 5.75 Å². The number of methoxy groups -OCH3 is 1. The maximum Gasteiger partial charge on any atom is 0.232 e. The van der Waals surface area contributed by atoms with Crippen molar-refractivity contribution >= 4 is 17.4 Å². The maximum absolute atomic E-state index is 13.3. The molecule has 0 fully saturated rings. The lowest BCUT2D eigenvalue weighted by Crippen LogP contribution is -2.41. The number of amides is 1. The number of allylic oxidation sites excluding steroid dienone is 2. The summed E-state index contributed by atoms with van der Waals surface area (Å²) in [5.74, 6) is 0.771. The smallest absolute Gasteiger partial charge is 0.232 e. The van der Waals surface area contributed by atoms with E-state index in [9.17, 15) is 9.59 Å². The van der Waals surface area contributed by atoms with Crippen molar-refractivity contribution in [3.63, 3.8) is 0 Å². The number of rotatable bonds is 4. The van der Waals surface area contributed by atoms with Crippen LogP contribution in [0.4, 0.5) is 5.69 Å². The Bertz CT molecular complexity index is 960. The third kappa shape index (κ3) is 3.13. The highest BCUT2D eigenvalue weighted by Gasteiger charge is 2.40. The molecule has 1 atom stereocenters. The van der Waals surface area contributed by atoms with Gasteiger partial charge in [-0.2, -0.15) is 0 Å². The number of benzene rings is 2. The van der Waals surface area contributed by atoms with Gasteiger partial charge in [-0.05, 0) is 48.6 Å². The van der Waals surface area contributed by atoms with Crippen LogP contribution in [0.25, 0.3) is 0 Å². The van der Waals surface area contributed by atoms with Gasteiger partial charge < -0.3 is 4.74 Å². The number of carbonyl (C=O) groups is 2. The molecule has 4 nitrogen and oxygen atoms in total. The van der Waals surface area contributed by atoms with E-state index in [0.29, 0.717) is 12.8 Å². The van der Waals surface area contributed by atoms with E-state index in [4.69, 9.17) is 4.74 Å². The second-order valence-corrected chi connectivity index (χ2v) is 7.38. The van der Waals surface area contributed by atoms with E-state index in [0.717, 1.165) is 53.1 Å². The van der Waals surface area contributed by atoms with Crippen LogP contribution < -0.4 is 9.64 Å². The topological polar surface area (TPSA) is 46.6 Å². The molecule has 0 saturated heterocycles. The van der Waals surface area contributed by atoms with E-state index >= 15 is 0 Å². The first-order valence-electron chi connectivity index (χ1n) is 9.95. The number of ether oxygens (including phenoxy) is 1.